The lowest BCUT2D eigenvalue weighted by atomic mass is 9.96. The molecule has 0 spiro atoms. The molecule has 4 nitrogen and oxygen atoms in total. The molecule has 1 fully saturated rings. The van der Waals surface area contributed by atoms with Crippen LogP contribution in [0.2, 0.25) is 0 Å². The Bertz CT molecular complexity index is 706. The normalized spacial score (nSPS) is 16.2. The van der Waals surface area contributed by atoms with Gasteiger partial charge in [-0.2, -0.15) is 0 Å². The molecule has 3 rings (SSSR count). The van der Waals surface area contributed by atoms with E-state index in [1.807, 2.05) is 20.2 Å². The quantitative estimate of drug-likeness (QED) is 0.603. The standard InChI is InChI=1S/C17H21BrN4S/c1-12-20-9-15(23-12)10-21-16(19-2)22-11-17(6-7-17)13-4-3-5-14(18)8-13/h3-5,8-9H,6-7,10-11H2,1-2H3,(H2,19,21,22). The summed E-state index contributed by atoms with van der Waals surface area (Å²) in [6.45, 7) is 3.69. The fraction of sp³-hybridized carbons (Fsp3) is 0.412. The zero-order chi connectivity index (χ0) is 16.3. The maximum Gasteiger partial charge on any atom is 0.191 e. The first-order chi connectivity index (χ1) is 11.1. The molecule has 0 amide bonds. The number of aliphatic imine (C=N–C) groups is 1. The topological polar surface area (TPSA) is 49.3 Å². The number of hydrogen-bond acceptors (Lipinski definition) is 3. The van der Waals surface area contributed by atoms with Crippen LogP contribution in [0.1, 0.15) is 28.3 Å². The van der Waals surface area contributed by atoms with Gasteiger partial charge in [-0.3, -0.25) is 4.99 Å². The summed E-state index contributed by atoms with van der Waals surface area (Å²) >= 11 is 5.28. The molecule has 0 unspecified atom stereocenters. The molecule has 2 aromatic rings. The van der Waals surface area contributed by atoms with Crippen molar-refractivity contribution in [3.05, 3.63) is 50.4 Å². The largest absolute Gasteiger partial charge is 0.356 e. The second-order valence-corrected chi connectivity index (χ2v) is 8.15. The summed E-state index contributed by atoms with van der Waals surface area (Å²) in [7, 11) is 1.81. The summed E-state index contributed by atoms with van der Waals surface area (Å²) in [6.07, 6.45) is 4.37. The molecule has 1 aromatic carbocycles. The molecule has 0 aliphatic heterocycles. The van der Waals surface area contributed by atoms with Crippen LogP contribution in [-0.2, 0) is 12.0 Å². The van der Waals surface area contributed by atoms with E-state index in [9.17, 15) is 0 Å². The third kappa shape index (κ3) is 4.12. The number of guanidine groups is 1. The van der Waals surface area contributed by atoms with Crippen LogP contribution in [0.25, 0.3) is 0 Å². The molecule has 122 valence electrons. The molecule has 6 heteroatoms. The summed E-state index contributed by atoms with van der Waals surface area (Å²) in [4.78, 5) is 9.82. The van der Waals surface area contributed by atoms with Gasteiger partial charge in [-0.25, -0.2) is 4.98 Å². The molecule has 0 atom stereocenters. The van der Waals surface area contributed by atoms with Crippen molar-refractivity contribution in [3.8, 4) is 0 Å². The Morgan fingerprint density at radius 3 is 2.83 bits per heavy atom. The Morgan fingerprint density at radius 2 is 2.22 bits per heavy atom. The van der Waals surface area contributed by atoms with Crippen molar-refractivity contribution in [2.24, 2.45) is 4.99 Å². The van der Waals surface area contributed by atoms with Crippen molar-refractivity contribution in [2.75, 3.05) is 13.6 Å². The zero-order valence-corrected chi connectivity index (χ0v) is 15.8. The van der Waals surface area contributed by atoms with Gasteiger partial charge >= 0.3 is 0 Å². The molecular formula is C17H21BrN4S. The zero-order valence-electron chi connectivity index (χ0n) is 13.4. The molecule has 23 heavy (non-hydrogen) atoms. The SMILES string of the molecule is CN=C(NCc1cnc(C)s1)NCC1(c2cccc(Br)c2)CC1. The second-order valence-electron chi connectivity index (χ2n) is 5.92. The molecule has 1 aromatic heterocycles. The average molecular weight is 393 g/mol. The monoisotopic (exact) mass is 392 g/mol. The van der Waals surface area contributed by atoms with Gasteiger partial charge in [-0.05, 0) is 37.5 Å². The number of aromatic nitrogens is 1. The molecule has 0 bridgehead atoms. The molecule has 1 heterocycles. The van der Waals surface area contributed by atoms with Gasteiger partial charge in [-0.15, -0.1) is 11.3 Å². The van der Waals surface area contributed by atoms with Crippen molar-refractivity contribution in [3.63, 3.8) is 0 Å². The molecular weight excluding hydrogens is 372 g/mol. The van der Waals surface area contributed by atoms with Crippen LogP contribution < -0.4 is 10.6 Å². The fourth-order valence-corrected chi connectivity index (χ4v) is 3.80. The van der Waals surface area contributed by atoms with E-state index in [1.165, 1.54) is 23.3 Å². The third-order valence-corrected chi connectivity index (χ3v) is 5.61. The van der Waals surface area contributed by atoms with Crippen LogP contribution in [-0.4, -0.2) is 24.5 Å². The van der Waals surface area contributed by atoms with E-state index < -0.39 is 0 Å². The van der Waals surface area contributed by atoms with E-state index in [4.69, 9.17) is 0 Å². The van der Waals surface area contributed by atoms with Crippen molar-refractivity contribution in [1.29, 1.82) is 0 Å². The Hall–Kier alpha value is -1.40. The maximum absolute atomic E-state index is 4.32. The predicted molar refractivity (Wildman–Crippen MR) is 100 cm³/mol. The van der Waals surface area contributed by atoms with Crippen LogP contribution >= 0.6 is 27.3 Å². The first-order valence-electron chi connectivity index (χ1n) is 7.73. The van der Waals surface area contributed by atoms with Gasteiger partial charge in [0.1, 0.15) is 0 Å². The Kier molecular flexibility index (Phi) is 5.02. The highest BCUT2D eigenvalue weighted by Crippen LogP contribution is 2.48. The van der Waals surface area contributed by atoms with Gasteiger partial charge in [0.25, 0.3) is 0 Å². The van der Waals surface area contributed by atoms with Gasteiger partial charge < -0.3 is 10.6 Å². The van der Waals surface area contributed by atoms with Crippen molar-refractivity contribution >= 4 is 33.2 Å². The van der Waals surface area contributed by atoms with E-state index in [-0.39, 0.29) is 5.41 Å². The van der Waals surface area contributed by atoms with Gasteiger partial charge in [0.2, 0.25) is 0 Å². The number of rotatable bonds is 5. The Labute approximate surface area is 149 Å². The molecule has 0 saturated heterocycles. The molecule has 1 aliphatic rings. The first-order valence-corrected chi connectivity index (χ1v) is 9.34. The number of benzene rings is 1. The lowest BCUT2D eigenvalue weighted by Crippen LogP contribution is -2.40. The smallest absolute Gasteiger partial charge is 0.191 e. The number of halogens is 1. The van der Waals surface area contributed by atoms with E-state index >= 15 is 0 Å². The summed E-state index contributed by atoms with van der Waals surface area (Å²) in [6, 6.07) is 8.63. The fourth-order valence-electron chi connectivity index (χ4n) is 2.67. The summed E-state index contributed by atoms with van der Waals surface area (Å²) in [5.74, 6) is 0.845. The average Bonchev–Trinajstić information content (AvgIpc) is 3.23. The summed E-state index contributed by atoms with van der Waals surface area (Å²) < 4.78 is 1.14. The molecule has 1 saturated carbocycles. The highest BCUT2D eigenvalue weighted by atomic mass is 79.9. The number of hydrogen-bond donors (Lipinski definition) is 2. The third-order valence-electron chi connectivity index (χ3n) is 4.21. The minimum Gasteiger partial charge on any atom is -0.356 e. The maximum atomic E-state index is 4.32. The molecule has 0 radical (unpaired) electrons. The van der Waals surface area contributed by atoms with Crippen LogP contribution in [0.4, 0.5) is 0 Å². The highest BCUT2D eigenvalue weighted by molar-refractivity contribution is 9.10. The Balaban J connectivity index is 1.56. The van der Waals surface area contributed by atoms with Gasteiger partial charge in [0.15, 0.2) is 5.96 Å². The van der Waals surface area contributed by atoms with E-state index in [0.29, 0.717) is 0 Å². The van der Waals surface area contributed by atoms with Crippen LogP contribution in [0.15, 0.2) is 39.9 Å². The van der Waals surface area contributed by atoms with Gasteiger partial charge in [0.05, 0.1) is 11.6 Å². The number of nitrogens with one attached hydrogen (secondary N) is 2. The van der Waals surface area contributed by atoms with Crippen molar-refractivity contribution in [1.82, 2.24) is 15.6 Å². The highest BCUT2D eigenvalue weighted by Gasteiger charge is 2.44. The summed E-state index contributed by atoms with van der Waals surface area (Å²) in [5.41, 5.74) is 1.65. The van der Waals surface area contributed by atoms with Crippen LogP contribution in [0.3, 0.4) is 0 Å². The first kappa shape index (κ1) is 16.5. The number of thiazole rings is 1. The lowest BCUT2D eigenvalue weighted by Gasteiger charge is -2.19. The van der Waals surface area contributed by atoms with E-state index in [0.717, 1.165) is 28.5 Å². The minimum absolute atomic E-state index is 0.252. The molecule has 1 aliphatic carbocycles. The minimum atomic E-state index is 0.252. The second kappa shape index (κ2) is 7.01. The van der Waals surface area contributed by atoms with Crippen LogP contribution in [0.5, 0.6) is 0 Å². The van der Waals surface area contributed by atoms with Crippen molar-refractivity contribution in [2.45, 2.75) is 31.7 Å². The Morgan fingerprint density at radius 1 is 1.39 bits per heavy atom. The number of aryl methyl sites for hydroxylation is 1. The van der Waals surface area contributed by atoms with E-state index in [1.54, 1.807) is 11.3 Å². The number of nitrogens with zero attached hydrogens (tertiary/aromatic N) is 2. The lowest BCUT2D eigenvalue weighted by molar-refractivity contribution is 0.645. The van der Waals surface area contributed by atoms with E-state index in [2.05, 4.69) is 60.8 Å². The molecule has 2 N–H and O–H groups in total. The van der Waals surface area contributed by atoms with Crippen LogP contribution in [0, 0.1) is 6.92 Å². The van der Waals surface area contributed by atoms with Gasteiger partial charge in [-0.1, -0.05) is 28.1 Å². The summed E-state index contributed by atoms with van der Waals surface area (Å²) in [5, 5.41) is 7.93. The van der Waals surface area contributed by atoms with Crippen molar-refractivity contribution < 1.29 is 0 Å². The predicted octanol–water partition coefficient (Wildman–Crippen LogP) is 3.61. The van der Waals surface area contributed by atoms with Gasteiger partial charge in [0, 0.05) is 34.6 Å².